The number of halogens is 2. The number of hydrogen-bond acceptors (Lipinski definition) is 5. The number of nitrogens with one attached hydrogen (secondary N) is 1. The summed E-state index contributed by atoms with van der Waals surface area (Å²) >= 11 is 12.1. The quantitative estimate of drug-likeness (QED) is 0.307. The number of fused-ring (bicyclic) bond motifs is 1. The van der Waals surface area contributed by atoms with Crippen molar-refractivity contribution in [2.75, 3.05) is 6.54 Å². The summed E-state index contributed by atoms with van der Waals surface area (Å²) in [6.45, 7) is -0.150. The van der Waals surface area contributed by atoms with Gasteiger partial charge in [0.25, 0.3) is 11.8 Å². The third kappa shape index (κ3) is 4.88. The number of aromatic nitrogens is 1. The fraction of sp³-hybridized carbons (Fsp3) is 0.0833. The zero-order valence-corrected chi connectivity index (χ0v) is 19.1. The molecule has 0 fully saturated rings. The van der Waals surface area contributed by atoms with E-state index in [0.29, 0.717) is 20.9 Å². The number of hydrogen-bond donors (Lipinski definition) is 3. The van der Waals surface area contributed by atoms with Crippen molar-refractivity contribution in [2.45, 2.75) is 6.54 Å². The van der Waals surface area contributed by atoms with Crippen LogP contribution in [0.3, 0.4) is 0 Å². The summed E-state index contributed by atoms with van der Waals surface area (Å²) in [4.78, 5) is 24.3. The standard InChI is InChI=1S/C24H18Cl2N4O4/c25-17-10-9-14(11-18(17)26)13-30-19-7-3-1-5-15(19)22(24(30)34)29-28-21(32)12-27-23(33)16-6-2-4-8-20(16)31/h1-11,31,34H,12-13H2,(H,27,33). The fourth-order valence-corrected chi connectivity index (χ4v) is 3.73. The highest BCUT2D eigenvalue weighted by Gasteiger charge is 2.18. The van der Waals surface area contributed by atoms with E-state index in [2.05, 4.69) is 15.5 Å². The number of benzene rings is 3. The van der Waals surface area contributed by atoms with Crippen LogP contribution in [0.2, 0.25) is 10.0 Å². The maximum atomic E-state index is 12.2. The van der Waals surface area contributed by atoms with Gasteiger partial charge in [0, 0.05) is 5.39 Å². The third-order valence-electron chi connectivity index (χ3n) is 5.05. The summed E-state index contributed by atoms with van der Waals surface area (Å²) in [5, 5.41) is 32.0. The number of rotatable bonds is 6. The lowest BCUT2D eigenvalue weighted by molar-refractivity contribution is -0.117. The highest BCUT2D eigenvalue weighted by atomic mass is 35.5. The monoisotopic (exact) mass is 496 g/mol. The second-order valence-electron chi connectivity index (χ2n) is 7.32. The first kappa shape index (κ1) is 23.3. The minimum Gasteiger partial charge on any atom is -0.507 e. The first-order valence-corrected chi connectivity index (χ1v) is 10.9. The molecule has 0 saturated carbocycles. The molecule has 0 radical (unpaired) electrons. The average Bonchev–Trinajstić information content (AvgIpc) is 3.09. The van der Waals surface area contributed by atoms with E-state index in [-0.39, 0.29) is 29.4 Å². The van der Waals surface area contributed by atoms with Gasteiger partial charge in [0.05, 0.1) is 27.7 Å². The Kier molecular flexibility index (Phi) is 6.81. The van der Waals surface area contributed by atoms with Crippen LogP contribution in [0.15, 0.2) is 77.0 Å². The molecule has 0 unspecified atom stereocenters. The molecule has 0 spiro atoms. The van der Waals surface area contributed by atoms with Gasteiger partial charge in [-0.05, 0) is 35.9 Å². The minimum atomic E-state index is -0.732. The molecule has 3 aromatic carbocycles. The van der Waals surface area contributed by atoms with Crippen molar-refractivity contribution in [3.8, 4) is 11.6 Å². The normalized spacial score (nSPS) is 11.2. The Hall–Kier alpha value is -3.88. The molecule has 2 amide bonds. The van der Waals surface area contributed by atoms with Gasteiger partial charge in [-0.2, -0.15) is 0 Å². The average molecular weight is 497 g/mol. The van der Waals surface area contributed by atoms with Gasteiger partial charge in [-0.3, -0.25) is 9.59 Å². The summed E-state index contributed by atoms with van der Waals surface area (Å²) < 4.78 is 1.62. The molecule has 0 aliphatic heterocycles. The maximum absolute atomic E-state index is 12.2. The number of nitrogens with zero attached hydrogens (tertiary/aromatic N) is 3. The minimum absolute atomic E-state index is 0.0373. The van der Waals surface area contributed by atoms with Crippen LogP contribution in [0.4, 0.5) is 5.69 Å². The first-order valence-electron chi connectivity index (χ1n) is 10.1. The molecule has 1 heterocycles. The number of phenolic OH excluding ortho intramolecular Hbond substituents is 1. The molecular formula is C24H18Cl2N4O4. The van der Waals surface area contributed by atoms with E-state index in [0.717, 1.165) is 5.56 Å². The zero-order chi connectivity index (χ0) is 24.2. The van der Waals surface area contributed by atoms with Gasteiger partial charge in [0.2, 0.25) is 5.88 Å². The van der Waals surface area contributed by atoms with E-state index >= 15 is 0 Å². The predicted molar refractivity (Wildman–Crippen MR) is 129 cm³/mol. The Balaban J connectivity index is 1.54. The summed E-state index contributed by atoms with van der Waals surface area (Å²) in [6.07, 6.45) is 0. The molecule has 0 aliphatic rings. The van der Waals surface area contributed by atoms with Crippen molar-refractivity contribution in [3.63, 3.8) is 0 Å². The molecule has 4 aromatic rings. The molecule has 4 rings (SSSR count). The van der Waals surface area contributed by atoms with Gasteiger partial charge in [-0.25, -0.2) is 0 Å². The SMILES string of the molecule is O=C(CNC(=O)c1ccccc1O)N=Nc1c(O)n(Cc2ccc(Cl)c(Cl)c2)c2ccccc12. The Bertz CT molecular complexity index is 1430. The molecule has 10 heteroatoms. The van der Waals surface area contributed by atoms with Crippen molar-refractivity contribution < 1.29 is 19.8 Å². The predicted octanol–water partition coefficient (Wildman–Crippen LogP) is 5.45. The van der Waals surface area contributed by atoms with Crippen molar-refractivity contribution in [1.82, 2.24) is 9.88 Å². The molecule has 172 valence electrons. The molecule has 0 bridgehead atoms. The fourth-order valence-electron chi connectivity index (χ4n) is 3.41. The van der Waals surface area contributed by atoms with Crippen LogP contribution in [0.1, 0.15) is 15.9 Å². The van der Waals surface area contributed by atoms with Crippen LogP contribution in [0.25, 0.3) is 10.9 Å². The van der Waals surface area contributed by atoms with E-state index in [9.17, 15) is 19.8 Å². The molecule has 8 nitrogen and oxygen atoms in total. The Morgan fingerprint density at radius 1 is 0.941 bits per heavy atom. The van der Waals surface area contributed by atoms with E-state index in [4.69, 9.17) is 23.2 Å². The molecule has 3 N–H and O–H groups in total. The van der Waals surface area contributed by atoms with Gasteiger partial charge >= 0.3 is 0 Å². The number of amides is 2. The van der Waals surface area contributed by atoms with Gasteiger partial charge in [-0.15, -0.1) is 10.2 Å². The largest absolute Gasteiger partial charge is 0.507 e. The lowest BCUT2D eigenvalue weighted by atomic mass is 10.2. The summed E-state index contributed by atoms with van der Waals surface area (Å²) in [6, 6.07) is 18.3. The molecule has 34 heavy (non-hydrogen) atoms. The smallest absolute Gasteiger partial charge is 0.283 e. The van der Waals surface area contributed by atoms with E-state index < -0.39 is 18.4 Å². The third-order valence-corrected chi connectivity index (χ3v) is 5.79. The second kappa shape index (κ2) is 9.94. The van der Waals surface area contributed by atoms with E-state index in [1.807, 2.05) is 6.07 Å². The summed E-state index contributed by atoms with van der Waals surface area (Å²) in [7, 11) is 0. The summed E-state index contributed by atoms with van der Waals surface area (Å²) in [5.74, 6) is -1.73. The van der Waals surface area contributed by atoms with Crippen LogP contribution in [0.5, 0.6) is 11.6 Å². The summed E-state index contributed by atoms with van der Waals surface area (Å²) in [5.41, 5.74) is 1.64. The molecular weight excluding hydrogens is 479 g/mol. The lowest BCUT2D eigenvalue weighted by Crippen LogP contribution is -2.28. The molecule has 1 aromatic heterocycles. The van der Waals surface area contributed by atoms with Crippen LogP contribution in [-0.4, -0.2) is 33.1 Å². The zero-order valence-electron chi connectivity index (χ0n) is 17.6. The first-order chi connectivity index (χ1) is 16.3. The van der Waals surface area contributed by atoms with Gasteiger partial charge < -0.3 is 20.1 Å². The maximum Gasteiger partial charge on any atom is 0.283 e. The van der Waals surface area contributed by atoms with Crippen LogP contribution >= 0.6 is 23.2 Å². The number of azo groups is 1. The van der Waals surface area contributed by atoms with Crippen LogP contribution < -0.4 is 5.32 Å². The molecule has 0 atom stereocenters. The highest BCUT2D eigenvalue weighted by molar-refractivity contribution is 6.42. The van der Waals surface area contributed by atoms with Crippen molar-refractivity contribution in [2.24, 2.45) is 10.2 Å². The van der Waals surface area contributed by atoms with Gasteiger partial charge in [0.1, 0.15) is 12.3 Å². The Morgan fingerprint density at radius 3 is 2.44 bits per heavy atom. The van der Waals surface area contributed by atoms with E-state index in [1.165, 1.54) is 12.1 Å². The number of para-hydroxylation sites is 2. The van der Waals surface area contributed by atoms with Gasteiger partial charge in [-0.1, -0.05) is 59.6 Å². The molecule has 0 saturated heterocycles. The van der Waals surface area contributed by atoms with Crippen molar-refractivity contribution in [3.05, 3.63) is 87.9 Å². The van der Waals surface area contributed by atoms with Crippen LogP contribution in [0, 0.1) is 0 Å². The Labute approximate surface area is 204 Å². The number of phenols is 1. The van der Waals surface area contributed by atoms with E-state index in [1.54, 1.807) is 53.1 Å². The highest BCUT2D eigenvalue weighted by Crippen LogP contribution is 2.39. The number of carbonyl (C=O) groups excluding carboxylic acids is 2. The number of carbonyl (C=O) groups is 2. The molecule has 0 aliphatic carbocycles. The van der Waals surface area contributed by atoms with Crippen molar-refractivity contribution >= 4 is 51.6 Å². The topological polar surface area (TPSA) is 116 Å². The van der Waals surface area contributed by atoms with Crippen LogP contribution in [-0.2, 0) is 11.3 Å². The van der Waals surface area contributed by atoms with Gasteiger partial charge in [0.15, 0.2) is 5.69 Å². The van der Waals surface area contributed by atoms with Crippen molar-refractivity contribution in [1.29, 1.82) is 0 Å². The second-order valence-corrected chi connectivity index (χ2v) is 8.13. The number of aromatic hydroxyl groups is 2. The Morgan fingerprint density at radius 2 is 1.68 bits per heavy atom. The lowest BCUT2D eigenvalue weighted by Gasteiger charge is -2.08.